The molecule has 0 spiro atoms. The molecule has 1 atom stereocenters. The average molecular weight is 252 g/mol. The van der Waals surface area contributed by atoms with Gasteiger partial charge >= 0.3 is 0 Å². The van der Waals surface area contributed by atoms with Crippen LogP contribution in [0.2, 0.25) is 0 Å². The summed E-state index contributed by atoms with van der Waals surface area (Å²) in [5.74, 6) is -0.340. The van der Waals surface area contributed by atoms with Crippen molar-refractivity contribution in [1.29, 1.82) is 0 Å². The Bertz CT molecular complexity index is 555. The summed E-state index contributed by atoms with van der Waals surface area (Å²) >= 11 is 0. The van der Waals surface area contributed by atoms with Gasteiger partial charge in [-0.05, 0) is 31.5 Å². The van der Waals surface area contributed by atoms with E-state index >= 15 is 0 Å². The number of alkyl halides is 1. The number of benzene rings is 1. The smallest absolute Gasteiger partial charge is 0.170 e. The zero-order valence-electron chi connectivity index (χ0n) is 9.90. The van der Waals surface area contributed by atoms with Gasteiger partial charge in [0.1, 0.15) is 18.2 Å². The molecule has 3 rings (SSSR count). The van der Waals surface area contributed by atoms with E-state index in [1.54, 1.807) is 6.07 Å². The standard InChI is InChI=1S/C13H14F2N2O/c14-7-10-2-1-5-17(10)8-12-11-4-3-9(15)6-13(11)18-16-12/h3-4,6,10H,1-2,5,7-8H2. The van der Waals surface area contributed by atoms with E-state index < -0.39 is 0 Å². The van der Waals surface area contributed by atoms with Crippen LogP contribution >= 0.6 is 0 Å². The van der Waals surface area contributed by atoms with E-state index in [-0.39, 0.29) is 18.5 Å². The van der Waals surface area contributed by atoms with Crippen molar-refractivity contribution in [3.63, 3.8) is 0 Å². The quantitative estimate of drug-likeness (QED) is 0.841. The van der Waals surface area contributed by atoms with Crippen molar-refractivity contribution in [2.24, 2.45) is 0 Å². The highest BCUT2D eigenvalue weighted by atomic mass is 19.1. The minimum atomic E-state index is -0.340. The average Bonchev–Trinajstić information content (AvgIpc) is 2.96. The first kappa shape index (κ1) is 11.6. The Labute approximate surface area is 103 Å². The second-order valence-corrected chi connectivity index (χ2v) is 4.69. The molecule has 1 fully saturated rings. The molecule has 0 aliphatic carbocycles. The minimum absolute atomic E-state index is 0.0165. The van der Waals surface area contributed by atoms with Crippen LogP contribution < -0.4 is 0 Å². The maximum atomic E-state index is 13.0. The molecule has 0 N–H and O–H groups in total. The van der Waals surface area contributed by atoms with Crippen molar-refractivity contribution in [3.8, 4) is 0 Å². The summed E-state index contributed by atoms with van der Waals surface area (Å²) in [6.07, 6.45) is 1.90. The summed E-state index contributed by atoms with van der Waals surface area (Å²) in [6, 6.07) is 4.36. The molecule has 5 heteroatoms. The van der Waals surface area contributed by atoms with Crippen molar-refractivity contribution in [3.05, 3.63) is 29.7 Å². The van der Waals surface area contributed by atoms with Gasteiger partial charge < -0.3 is 4.52 Å². The number of likely N-dealkylation sites (tertiary alicyclic amines) is 1. The molecule has 0 saturated carbocycles. The zero-order valence-corrected chi connectivity index (χ0v) is 9.90. The van der Waals surface area contributed by atoms with Gasteiger partial charge in [0.2, 0.25) is 0 Å². The largest absolute Gasteiger partial charge is 0.356 e. The van der Waals surface area contributed by atoms with Crippen LogP contribution in [0, 0.1) is 5.82 Å². The Morgan fingerprint density at radius 1 is 1.44 bits per heavy atom. The number of nitrogens with zero attached hydrogens (tertiary/aromatic N) is 2. The van der Waals surface area contributed by atoms with E-state index in [1.807, 2.05) is 0 Å². The molecule has 0 bridgehead atoms. The Morgan fingerprint density at radius 3 is 3.17 bits per heavy atom. The van der Waals surface area contributed by atoms with E-state index in [2.05, 4.69) is 10.1 Å². The van der Waals surface area contributed by atoms with E-state index in [4.69, 9.17) is 4.52 Å². The summed E-state index contributed by atoms with van der Waals surface area (Å²) in [6.45, 7) is 1.11. The molecule has 96 valence electrons. The maximum Gasteiger partial charge on any atom is 0.170 e. The third-order valence-electron chi connectivity index (χ3n) is 3.54. The van der Waals surface area contributed by atoms with Gasteiger partial charge in [-0.2, -0.15) is 0 Å². The van der Waals surface area contributed by atoms with Crippen molar-refractivity contribution >= 4 is 11.0 Å². The minimum Gasteiger partial charge on any atom is -0.356 e. The molecule has 1 aliphatic rings. The fourth-order valence-electron chi connectivity index (χ4n) is 2.55. The molecular formula is C13H14F2N2O. The molecule has 3 nitrogen and oxygen atoms in total. The summed E-state index contributed by atoms with van der Waals surface area (Å²) < 4.78 is 30.9. The second-order valence-electron chi connectivity index (χ2n) is 4.69. The number of halogens is 2. The van der Waals surface area contributed by atoms with Gasteiger partial charge in [-0.25, -0.2) is 8.78 Å². The van der Waals surface area contributed by atoms with Crippen molar-refractivity contribution in [1.82, 2.24) is 10.1 Å². The van der Waals surface area contributed by atoms with Gasteiger partial charge in [-0.15, -0.1) is 0 Å². The summed E-state index contributed by atoms with van der Waals surface area (Å²) in [5.41, 5.74) is 1.20. The highest BCUT2D eigenvalue weighted by Crippen LogP contribution is 2.24. The van der Waals surface area contributed by atoms with Crippen LogP contribution in [-0.4, -0.2) is 29.3 Å². The van der Waals surface area contributed by atoms with E-state index in [0.29, 0.717) is 12.1 Å². The van der Waals surface area contributed by atoms with Gasteiger partial charge in [0.15, 0.2) is 5.58 Å². The number of aromatic nitrogens is 1. The lowest BCUT2D eigenvalue weighted by atomic mass is 10.2. The predicted molar refractivity (Wildman–Crippen MR) is 63.4 cm³/mol. The fraction of sp³-hybridized carbons (Fsp3) is 0.462. The van der Waals surface area contributed by atoms with Crippen LogP contribution in [0.25, 0.3) is 11.0 Å². The SMILES string of the molecule is FCC1CCCN1Cc1noc2cc(F)ccc12. The van der Waals surface area contributed by atoms with Crippen molar-refractivity contribution < 1.29 is 13.3 Å². The number of hydrogen-bond donors (Lipinski definition) is 0. The molecule has 0 radical (unpaired) electrons. The maximum absolute atomic E-state index is 13.0. The van der Waals surface area contributed by atoms with E-state index in [9.17, 15) is 8.78 Å². The molecule has 1 aliphatic heterocycles. The second kappa shape index (κ2) is 4.65. The Hall–Kier alpha value is -1.49. The van der Waals surface area contributed by atoms with Crippen molar-refractivity contribution in [2.75, 3.05) is 13.2 Å². The van der Waals surface area contributed by atoms with Crippen LogP contribution in [0.5, 0.6) is 0 Å². The monoisotopic (exact) mass is 252 g/mol. The number of hydrogen-bond acceptors (Lipinski definition) is 3. The Morgan fingerprint density at radius 2 is 2.33 bits per heavy atom. The van der Waals surface area contributed by atoms with Crippen LogP contribution in [0.4, 0.5) is 8.78 Å². The third kappa shape index (κ3) is 1.99. The third-order valence-corrected chi connectivity index (χ3v) is 3.54. The Balaban J connectivity index is 1.86. The molecule has 2 aromatic rings. The molecule has 1 saturated heterocycles. The first-order chi connectivity index (χ1) is 8.78. The first-order valence-electron chi connectivity index (χ1n) is 6.12. The van der Waals surface area contributed by atoms with E-state index in [0.717, 1.165) is 30.5 Å². The topological polar surface area (TPSA) is 29.3 Å². The lowest BCUT2D eigenvalue weighted by Crippen LogP contribution is -2.30. The highest BCUT2D eigenvalue weighted by Gasteiger charge is 2.25. The predicted octanol–water partition coefficient (Wildman–Crippen LogP) is 2.90. The van der Waals surface area contributed by atoms with E-state index in [1.165, 1.54) is 12.1 Å². The summed E-state index contributed by atoms with van der Waals surface area (Å²) in [5, 5.41) is 4.77. The van der Waals surface area contributed by atoms with Crippen LogP contribution in [-0.2, 0) is 6.54 Å². The number of rotatable bonds is 3. The molecule has 0 amide bonds. The molecule has 1 unspecified atom stereocenters. The Kier molecular flexibility index (Phi) is 2.99. The summed E-state index contributed by atoms with van der Waals surface area (Å²) in [7, 11) is 0. The number of fused-ring (bicyclic) bond motifs is 1. The molecule has 1 aromatic heterocycles. The molecule has 2 heterocycles. The lowest BCUT2D eigenvalue weighted by molar-refractivity contribution is 0.203. The molecule has 1 aromatic carbocycles. The van der Waals surface area contributed by atoms with Gasteiger partial charge in [0.25, 0.3) is 0 Å². The molecular weight excluding hydrogens is 238 g/mol. The first-order valence-corrected chi connectivity index (χ1v) is 6.12. The van der Waals surface area contributed by atoms with Crippen LogP contribution in [0.1, 0.15) is 18.5 Å². The lowest BCUT2D eigenvalue weighted by Gasteiger charge is -2.20. The van der Waals surface area contributed by atoms with Gasteiger partial charge in [0, 0.05) is 24.0 Å². The van der Waals surface area contributed by atoms with Gasteiger partial charge in [-0.3, -0.25) is 4.90 Å². The summed E-state index contributed by atoms with van der Waals surface area (Å²) in [4.78, 5) is 2.07. The van der Waals surface area contributed by atoms with Gasteiger partial charge in [0.05, 0.1) is 0 Å². The normalized spacial score (nSPS) is 20.9. The highest BCUT2D eigenvalue weighted by molar-refractivity contribution is 5.79. The van der Waals surface area contributed by atoms with Crippen molar-refractivity contribution in [2.45, 2.75) is 25.4 Å². The zero-order chi connectivity index (χ0) is 12.5. The van der Waals surface area contributed by atoms with Crippen LogP contribution in [0.3, 0.4) is 0 Å². The fourth-order valence-corrected chi connectivity index (χ4v) is 2.55. The van der Waals surface area contributed by atoms with Gasteiger partial charge in [-0.1, -0.05) is 5.16 Å². The molecule has 18 heavy (non-hydrogen) atoms. The van der Waals surface area contributed by atoms with Crippen LogP contribution in [0.15, 0.2) is 22.7 Å².